The summed E-state index contributed by atoms with van der Waals surface area (Å²) in [5.41, 5.74) is 0.319. The molecule has 0 aromatic carbocycles. The molecule has 0 amide bonds. The lowest BCUT2D eigenvalue weighted by molar-refractivity contribution is -0.126. The molecule has 2 heterocycles. The van der Waals surface area contributed by atoms with Crippen molar-refractivity contribution in [2.24, 2.45) is 5.41 Å². The molecule has 0 aliphatic rings. The van der Waals surface area contributed by atoms with Gasteiger partial charge in [-0.1, -0.05) is 20.8 Å². The molecule has 0 aliphatic heterocycles. The number of Topliss-reactive ketones (excluding diaryl/α,β-unsaturated/α-hetero) is 1. The van der Waals surface area contributed by atoms with E-state index in [4.69, 9.17) is 0 Å². The van der Waals surface area contributed by atoms with Crippen LogP contribution in [0.2, 0.25) is 0 Å². The van der Waals surface area contributed by atoms with Crippen LogP contribution in [0.3, 0.4) is 0 Å². The van der Waals surface area contributed by atoms with E-state index in [1.165, 1.54) is 10.9 Å². The first-order chi connectivity index (χ1) is 8.84. The van der Waals surface area contributed by atoms with E-state index in [9.17, 15) is 9.59 Å². The van der Waals surface area contributed by atoms with Crippen LogP contribution in [0.1, 0.15) is 27.7 Å². The monoisotopic (exact) mass is 262 g/mol. The summed E-state index contributed by atoms with van der Waals surface area (Å²) in [6.45, 7) is 8.05. The van der Waals surface area contributed by atoms with Crippen LogP contribution in [0.4, 0.5) is 0 Å². The van der Waals surface area contributed by atoms with Crippen LogP contribution in [-0.4, -0.2) is 25.1 Å². The molecule has 0 fully saturated rings. The molecule has 0 bridgehead atoms. The van der Waals surface area contributed by atoms with Gasteiger partial charge in [-0.3, -0.25) is 18.8 Å². The van der Waals surface area contributed by atoms with Gasteiger partial charge >= 0.3 is 0 Å². The minimum absolute atomic E-state index is 0.00156. The molecule has 0 N–H and O–H groups in total. The molecule has 0 atom stereocenters. The van der Waals surface area contributed by atoms with Gasteiger partial charge in [0, 0.05) is 12.0 Å². The number of fused-ring (bicyclic) bond motifs is 1. The van der Waals surface area contributed by atoms with Crippen molar-refractivity contribution in [3.63, 3.8) is 0 Å². The van der Waals surface area contributed by atoms with Gasteiger partial charge < -0.3 is 0 Å². The number of hydrogen-bond acceptors (Lipinski definition) is 4. The first kappa shape index (κ1) is 13.5. The maximum Gasteiger partial charge on any atom is 0.279 e. The first-order valence-corrected chi connectivity index (χ1v) is 6.29. The van der Waals surface area contributed by atoms with E-state index in [-0.39, 0.29) is 17.9 Å². The third kappa shape index (κ3) is 2.43. The molecule has 102 valence electrons. The first-order valence-electron chi connectivity index (χ1n) is 6.29. The van der Waals surface area contributed by atoms with Gasteiger partial charge in [0.05, 0.1) is 19.1 Å². The smallest absolute Gasteiger partial charge is 0.279 e. The second-order valence-corrected chi connectivity index (χ2v) is 5.54. The second-order valence-electron chi connectivity index (χ2n) is 5.54. The Kier molecular flexibility index (Phi) is 3.26. The number of aromatic nitrogens is 4. The molecule has 0 saturated carbocycles. The zero-order valence-corrected chi connectivity index (χ0v) is 11.7. The zero-order chi connectivity index (χ0) is 14.2. The highest BCUT2D eigenvalue weighted by Gasteiger charge is 2.22. The third-order valence-electron chi connectivity index (χ3n) is 3.07. The van der Waals surface area contributed by atoms with Crippen molar-refractivity contribution < 1.29 is 4.79 Å². The van der Waals surface area contributed by atoms with Gasteiger partial charge in [-0.15, -0.1) is 0 Å². The molecule has 0 spiro atoms. The van der Waals surface area contributed by atoms with Crippen molar-refractivity contribution >= 4 is 16.8 Å². The molecule has 0 radical (unpaired) electrons. The summed E-state index contributed by atoms with van der Waals surface area (Å²) in [6, 6.07) is 0. The highest BCUT2D eigenvalue weighted by atomic mass is 16.1. The van der Waals surface area contributed by atoms with Gasteiger partial charge in [-0.25, -0.2) is 4.98 Å². The van der Waals surface area contributed by atoms with Crippen LogP contribution in [-0.2, 0) is 17.9 Å². The summed E-state index contributed by atoms with van der Waals surface area (Å²) in [5, 5.41) is 4.10. The van der Waals surface area contributed by atoms with Gasteiger partial charge in [-0.05, 0) is 6.92 Å². The Morgan fingerprint density at radius 3 is 2.63 bits per heavy atom. The van der Waals surface area contributed by atoms with Gasteiger partial charge in [0.2, 0.25) is 0 Å². The number of rotatable bonds is 3. The Labute approximate surface area is 111 Å². The quantitative estimate of drug-likeness (QED) is 0.834. The fourth-order valence-corrected chi connectivity index (χ4v) is 1.75. The predicted molar refractivity (Wildman–Crippen MR) is 71.9 cm³/mol. The normalized spacial score (nSPS) is 12.0. The lowest BCUT2D eigenvalue weighted by Crippen LogP contribution is -2.31. The Bertz CT molecular complexity index is 676. The number of nitrogens with zero attached hydrogens (tertiary/aromatic N) is 4. The van der Waals surface area contributed by atoms with E-state index in [1.54, 1.807) is 10.9 Å². The van der Waals surface area contributed by atoms with E-state index in [2.05, 4.69) is 10.1 Å². The molecular formula is C13H18N4O2. The average molecular weight is 262 g/mol. The highest BCUT2D eigenvalue weighted by molar-refractivity contribution is 5.83. The minimum Gasteiger partial charge on any atom is -0.297 e. The molecule has 6 heteroatoms. The van der Waals surface area contributed by atoms with Crippen LogP contribution in [0.5, 0.6) is 0 Å². The summed E-state index contributed by atoms with van der Waals surface area (Å²) < 4.78 is 2.95. The van der Waals surface area contributed by atoms with Crippen LogP contribution < -0.4 is 5.56 Å². The number of ketones is 1. The Balaban J connectivity index is 2.49. The van der Waals surface area contributed by atoms with E-state index < -0.39 is 5.41 Å². The van der Waals surface area contributed by atoms with Gasteiger partial charge in [0.1, 0.15) is 5.52 Å². The van der Waals surface area contributed by atoms with Crippen LogP contribution in [0, 0.1) is 5.41 Å². The molecule has 0 aliphatic carbocycles. The summed E-state index contributed by atoms with van der Waals surface area (Å²) in [7, 11) is 0. The summed E-state index contributed by atoms with van der Waals surface area (Å²) in [6.07, 6.45) is 2.98. The van der Waals surface area contributed by atoms with Crippen molar-refractivity contribution in [3.8, 4) is 0 Å². The molecule has 0 unspecified atom stereocenters. The largest absolute Gasteiger partial charge is 0.297 e. The fraction of sp³-hybridized carbons (Fsp3) is 0.538. The molecule has 2 rings (SSSR count). The maximum absolute atomic E-state index is 12.3. The lowest BCUT2D eigenvalue weighted by Gasteiger charge is -2.17. The van der Waals surface area contributed by atoms with Gasteiger partial charge in [-0.2, -0.15) is 5.10 Å². The molecule has 6 nitrogen and oxygen atoms in total. The van der Waals surface area contributed by atoms with E-state index >= 15 is 0 Å². The third-order valence-corrected chi connectivity index (χ3v) is 3.07. The molecule has 19 heavy (non-hydrogen) atoms. The predicted octanol–water partition coefficient (Wildman–Crippen LogP) is 1.23. The highest BCUT2D eigenvalue weighted by Crippen LogP contribution is 2.15. The number of aryl methyl sites for hydroxylation is 1. The Morgan fingerprint density at radius 1 is 1.37 bits per heavy atom. The van der Waals surface area contributed by atoms with Crippen LogP contribution >= 0.6 is 0 Å². The minimum atomic E-state index is -0.473. The molecular weight excluding hydrogens is 244 g/mol. The lowest BCUT2D eigenvalue weighted by atomic mass is 9.91. The summed E-state index contributed by atoms with van der Waals surface area (Å²) in [4.78, 5) is 28.5. The molecule has 0 saturated heterocycles. The van der Waals surface area contributed by atoms with E-state index in [0.717, 1.165) is 0 Å². The van der Waals surface area contributed by atoms with Crippen LogP contribution in [0.25, 0.3) is 11.0 Å². The number of carbonyl (C=O) groups excluding carboxylic acids is 1. The second kappa shape index (κ2) is 4.60. The van der Waals surface area contributed by atoms with Gasteiger partial charge in [0.25, 0.3) is 5.56 Å². The van der Waals surface area contributed by atoms with Crippen molar-refractivity contribution in [1.82, 2.24) is 19.3 Å². The maximum atomic E-state index is 12.3. The summed E-state index contributed by atoms with van der Waals surface area (Å²) in [5.74, 6) is -0.00156. The Hall–Kier alpha value is -1.98. The fourth-order valence-electron chi connectivity index (χ4n) is 1.75. The molecule has 2 aromatic rings. The van der Waals surface area contributed by atoms with E-state index in [1.807, 2.05) is 27.7 Å². The van der Waals surface area contributed by atoms with Crippen molar-refractivity contribution in [2.75, 3.05) is 0 Å². The van der Waals surface area contributed by atoms with Crippen molar-refractivity contribution in [2.45, 2.75) is 40.8 Å². The SMILES string of the molecule is CCn1ncc2ncn(CC(=O)C(C)(C)C)c(=O)c21. The van der Waals surface area contributed by atoms with Crippen molar-refractivity contribution in [3.05, 3.63) is 22.9 Å². The Morgan fingerprint density at radius 2 is 2.05 bits per heavy atom. The van der Waals surface area contributed by atoms with E-state index in [0.29, 0.717) is 17.6 Å². The van der Waals surface area contributed by atoms with Crippen molar-refractivity contribution in [1.29, 1.82) is 0 Å². The molecule has 2 aromatic heterocycles. The topological polar surface area (TPSA) is 69.8 Å². The standard InChI is InChI=1S/C13H18N4O2/c1-5-17-11-9(6-15-17)14-8-16(12(11)19)7-10(18)13(2,3)4/h6,8H,5,7H2,1-4H3. The zero-order valence-electron chi connectivity index (χ0n) is 11.7. The average Bonchev–Trinajstić information content (AvgIpc) is 2.75. The van der Waals surface area contributed by atoms with Gasteiger partial charge in [0.15, 0.2) is 11.3 Å². The number of hydrogen-bond donors (Lipinski definition) is 0. The summed E-state index contributed by atoms with van der Waals surface area (Å²) >= 11 is 0. The van der Waals surface area contributed by atoms with Crippen LogP contribution in [0.15, 0.2) is 17.3 Å². The number of carbonyl (C=O) groups is 1.